The molecule has 0 amide bonds. The Bertz CT molecular complexity index is 1160. The predicted octanol–water partition coefficient (Wildman–Crippen LogP) is 4.52. The fourth-order valence-corrected chi connectivity index (χ4v) is 4.24. The minimum Gasteiger partial charge on any atom is -0.478 e. The first-order chi connectivity index (χ1) is 17.1. The van der Waals surface area contributed by atoms with E-state index < -0.39 is 5.97 Å². The van der Waals surface area contributed by atoms with Gasteiger partial charge in [0, 0.05) is 34.7 Å². The van der Waals surface area contributed by atoms with Crippen LogP contribution in [0, 0.1) is 0 Å². The lowest BCUT2D eigenvalue weighted by atomic mass is 10.2. The first-order valence-corrected chi connectivity index (χ1v) is 12.4. The molecule has 1 aliphatic heterocycles. The minimum atomic E-state index is -0.446. The molecule has 1 aliphatic rings. The summed E-state index contributed by atoms with van der Waals surface area (Å²) in [7, 11) is 0. The van der Waals surface area contributed by atoms with Gasteiger partial charge in [0.05, 0.1) is 25.3 Å². The average Bonchev–Trinajstić information content (AvgIpc) is 2.87. The van der Waals surface area contributed by atoms with Crippen molar-refractivity contribution in [2.45, 2.75) is 26.5 Å². The zero-order valence-corrected chi connectivity index (χ0v) is 21.4. The number of hydrogen-bond acceptors (Lipinski definition) is 9. The third-order valence-electron chi connectivity index (χ3n) is 5.50. The van der Waals surface area contributed by atoms with Gasteiger partial charge in [-0.2, -0.15) is 0 Å². The number of carbonyl (C=O) groups is 1. The van der Waals surface area contributed by atoms with Crippen molar-refractivity contribution < 1.29 is 23.7 Å². The molecule has 1 unspecified atom stereocenters. The highest BCUT2D eigenvalue weighted by Gasteiger charge is 2.23. The maximum Gasteiger partial charge on any atom is 0.344 e. The van der Waals surface area contributed by atoms with Gasteiger partial charge in [-0.1, -0.05) is 28.9 Å². The molecule has 0 saturated carbocycles. The number of aromatic nitrogens is 2. The minimum absolute atomic E-state index is 0.174. The van der Waals surface area contributed by atoms with Gasteiger partial charge < -0.3 is 24.3 Å². The lowest BCUT2D eigenvalue weighted by Crippen LogP contribution is -2.46. The third-order valence-corrected chi connectivity index (χ3v) is 6.00. The highest BCUT2D eigenvalue weighted by atomic mass is 79.9. The summed E-state index contributed by atoms with van der Waals surface area (Å²) in [6.07, 6.45) is 2.08. The highest BCUT2D eigenvalue weighted by Crippen LogP contribution is 2.36. The van der Waals surface area contributed by atoms with Crippen LogP contribution in [0.3, 0.4) is 0 Å². The molecule has 1 fully saturated rings. The average molecular weight is 545 g/mol. The normalized spacial score (nSPS) is 14.9. The number of carbonyl (C=O) groups excluding carboxylic acids is 1. The van der Waals surface area contributed by atoms with Crippen LogP contribution in [0.15, 0.2) is 47.2 Å². The molecule has 186 valence electrons. The van der Waals surface area contributed by atoms with Crippen LogP contribution in [-0.2, 0) is 14.3 Å². The Balaban J connectivity index is 1.69. The standard InChI is InChI=1S/C25H29BrN4O5/c1-3-23(30-8-10-32-11-9-30)35-22-13-19-20(14-21(22)34-15-24(31)33-4-2)27-16-28-25(19)29-18-7-5-6-17(26)12-18/h5-7,12-14,16,23H,3-4,8-11,15H2,1-2H3,(H,27,28,29). The summed E-state index contributed by atoms with van der Waals surface area (Å²) in [6.45, 7) is 6.79. The summed E-state index contributed by atoms with van der Waals surface area (Å²) >= 11 is 3.50. The topological polar surface area (TPSA) is 95.0 Å². The molecule has 1 N–H and O–H groups in total. The lowest BCUT2D eigenvalue weighted by molar-refractivity contribution is -0.145. The van der Waals surface area contributed by atoms with E-state index in [0.29, 0.717) is 36.0 Å². The van der Waals surface area contributed by atoms with Gasteiger partial charge in [0.2, 0.25) is 0 Å². The molecule has 2 heterocycles. The molecule has 1 aromatic heterocycles. The van der Waals surface area contributed by atoms with Gasteiger partial charge in [0.1, 0.15) is 12.1 Å². The first kappa shape index (κ1) is 25.2. The van der Waals surface area contributed by atoms with Gasteiger partial charge in [0.25, 0.3) is 0 Å². The maximum absolute atomic E-state index is 12.0. The van der Waals surface area contributed by atoms with E-state index in [1.165, 1.54) is 6.33 Å². The zero-order chi connectivity index (χ0) is 24.6. The first-order valence-electron chi connectivity index (χ1n) is 11.7. The van der Waals surface area contributed by atoms with Crippen LogP contribution in [0.1, 0.15) is 20.3 Å². The number of nitrogens with one attached hydrogen (secondary N) is 1. The molecule has 9 nitrogen and oxygen atoms in total. The van der Waals surface area contributed by atoms with Gasteiger partial charge in [-0.25, -0.2) is 14.8 Å². The molecule has 0 aliphatic carbocycles. The largest absolute Gasteiger partial charge is 0.478 e. The second-order valence-corrected chi connectivity index (χ2v) is 8.81. The van der Waals surface area contributed by atoms with Gasteiger partial charge in [0.15, 0.2) is 24.3 Å². The maximum atomic E-state index is 12.0. The van der Waals surface area contributed by atoms with Gasteiger partial charge in [-0.3, -0.25) is 4.90 Å². The molecule has 1 saturated heterocycles. The van der Waals surface area contributed by atoms with Gasteiger partial charge in [-0.05, 0) is 37.6 Å². The number of rotatable bonds is 10. The van der Waals surface area contributed by atoms with E-state index >= 15 is 0 Å². The fourth-order valence-electron chi connectivity index (χ4n) is 3.84. The smallest absolute Gasteiger partial charge is 0.344 e. The number of benzene rings is 2. The highest BCUT2D eigenvalue weighted by molar-refractivity contribution is 9.10. The second kappa shape index (κ2) is 12.1. The molecule has 0 spiro atoms. The van der Waals surface area contributed by atoms with E-state index in [1.807, 2.05) is 30.3 Å². The van der Waals surface area contributed by atoms with E-state index in [0.717, 1.165) is 35.1 Å². The fraction of sp³-hybridized carbons (Fsp3) is 0.400. The lowest BCUT2D eigenvalue weighted by Gasteiger charge is -2.34. The van der Waals surface area contributed by atoms with E-state index in [1.54, 1.807) is 13.0 Å². The van der Waals surface area contributed by atoms with Crippen molar-refractivity contribution in [1.29, 1.82) is 0 Å². The van der Waals surface area contributed by atoms with E-state index in [-0.39, 0.29) is 19.4 Å². The van der Waals surface area contributed by atoms with Crippen LogP contribution in [0.25, 0.3) is 10.9 Å². The summed E-state index contributed by atoms with van der Waals surface area (Å²) < 4.78 is 23.8. The van der Waals surface area contributed by atoms with Crippen LogP contribution < -0.4 is 14.8 Å². The molecule has 2 aromatic carbocycles. The Hall–Kier alpha value is -2.95. The van der Waals surface area contributed by atoms with E-state index in [4.69, 9.17) is 18.9 Å². The summed E-state index contributed by atoms with van der Waals surface area (Å²) in [5, 5.41) is 4.12. The molecule has 0 radical (unpaired) electrons. The van der Waals surface area contributed by atoms with Crippen LogP contribution in [0.5, 0.6) is 11.5 Å². The van der Waals surface area contributed by atoms with Crippen molar-refractivity contribution in [2.75, 3.05) is 44.8 Å². The Labute approximate surface area is 212 Å². The Morgan fingerprint density at radius 2 is 2.00 bits per heavy atom. The van der Waals surface area contributed by atoms with Crippen molar-refractivity contribution in [3.05, 3.63) is 47.2 Å². The number of anilines is 2. The van der Waals surface area contributed by atoms with Crippen molar-refractivity contribution >= 4 is 44.3 Å². The van der Waals surface area contributed by atoms with Crippen LogP contribution in [-0.4, -0.2) is 66.6 Å². The molecule has 35 heavy (non-hydrogen) atoms. The number of fused-ring (bicyclic) bond motifs is 1. The Kier molecular flexibility index (Phi) is 8.73. The third kappa shape index (κ3) is 6.59. The molecule has 10 heteroatoms. The van der Waals surface area contributed by atoms with E-state index in [9.17, 15) is 4.79 Å². The van der Waals surface area contributed by atoms with Crippen molar-refractivity contribution in [3.63, 3.8) is 0 Å². The predicted molar refractivity (Wildman–Crippen MR) is 136 cm³/mol. The van der Waals surface area contributed by atoms with Gasteiger partial charge in [-0.15, -0.1) is 0 Å². The Morgan fingerprint density at radius 1 is 1.17 bits per heavy atom. The quantitative estimate of drug-likeness (QED) is 0.369. The van der Waals surface area contributed by atoms with Crippen LogP contribution in [0.4, 0.5) is 11.5 Å². The number of morpholine rings is 1. The number of ether oxygens (including phenoxy) is 4. The molecule has 3 aromatic rings. The summed E-state index contributed by atoms with van der Waals surface area (Å²) in [5.41, 5.74) is 1.53. The molecule has 0 bridgehead atoms. The number of halogens is 1. The summed E-state index contributed by atoms with van der Waals surface area (Å²) in [5.74, 6) is 1.12. The SMILES string of the molecule is CCOC(=O)COc1cc2ncnc(Nc3cccc(Br)c3)c2cc1OC(CC)N1CCOCC1. The van der Waals surface area contributed by atoms with Crippen LogP contribution >= 0.6 is 15.9 Å². The summed E-state index contributed by atoms with van der Waals surface area (Å²) in [4.78, 5) is 23.1. The molecular weight excluding hydrogens is 516 g/mol. The molecular formula is C25H29BrN4O5. The number of esters is 1. The zero-order valence-electron chi connectivity index (χ0n) is 19.8. The van der Waals surface area contributed by atoms with Crippen molar-refractivity contribution in [3.8, 4) is 11.5 Å². The molecule has 4 rings (SSSR count). The number of hydrogen-bond donors (Lipinski definition) is 1. The van der Waals surface area contributed by atoms with Crippen molar-refractivity contribution in [1.82, 2.24) is 14.9 Å². The number of nitrogens with zero attached hydrogens (tertiary/aromatic N) is 3. The Morgan fingerprint density at radius 3 is 2.74 bits per heavy atom. The summed E-state index contributed by atoms with van der Waals surface area (Å²) in [6, 6.07) is 11.5. The van der Waals surface area contributed by atoms with E-state index in [2.05, 4.69) is 43.0 Å². The van der Waals surface area contributed by atoms with Gasteiger partial charge >= 0.3 is 5.97 Å². The second-order valence-electron chi connectivity index (χ2n) is 7.90. The van der Waals surface area contributed by atoms with Crippen molar-refractivity contribution in [2.24, 2.45) is 0 Å². The van der Waals surface area contributed by atoms with Crippen LogP contribution in [0.2, 0.25) is 0 Å². The monoisotopic (exact) mass is 544 g/mol. The molecule has 1 atom stereocenters.